The number of β-amino-alcohol motifs (C(OH)–C–C–N with tert-alkyl or cyclic N) is 1. The molecule has 2 atom stereocenters. The number of aliphatic hydroxyl groups excluding tert-OH is 1. The lowest BCUT2D eigenvalue weighted by molar-refractivity contribution is 0.0360. The summed E-state index contributed by atoms with van der Waals surface area (Å²) >= 11 is 0. The number of carbonyl (C=O) groups excluding carboxylic acids is 1. The van der Waals surface area contributed by atoms with Crippen molar-refractivity contribution in [2.24, 2.45) is 5.73 Å². The molecule has 18 heavy (non-hydrogen) atoms. The molecule has 1 aromatic rings. The van der Waals surface area contributed by atoms with Crippen LogP contribution in [0.25, 0.3) is 0 Å². The molecular formula is C13H18N2O3. The second-order valence-electron chi connectivity index (χ2n) is 4.51. The molecule has 2 rings (SSSR count). The molecule has 1 saturated heterocycles. The topological polar surface area (TPSA) is 75.8 Å². The number of piperidine rings is 1. The van der Waals surface area contributed by atoms with Crippen molar-refractivity contribution < 1.29 is 14.6 Å². The van der Waals surface area contributed by atoms with Crippen molar-refractivity contribution in [3.8, 4) is 0 Å². The second-order valence-corrected chi connectivity index (χ2v) is 4.51. The molecule has 1 unspecified atom stereocenters. The maximum absolute atomic E-state index is 11.8. The van der Waals surface area contributed by atoms with E-state index in [-0.39, 0.29) is 19.2 Å². The van der Waals surface area contributed by atoms with Crippen LogP contribution in [0, 0.1) is 0 Å². The summed E-state index contributed by atoms with van der Waals surface area (Å²) < 4.78 is 5.19. The van der Waals surface area contributed by atoms with Gasteiger partial charge in [0.2, 0.25) is 0 Å². The van der Waals surface area contributed by atoms with Crippen molar-refractivity contribution in [1.29, 1.82) is 0 Å². The van der Waals surface area contributed by atoms with E-state index in [1.165, 1.54) is 4.90 Å². The summed E-state index contributed by atoms with van der Waals surface area (Å²) in [5.74, 6) is 0. The van der Waals surface area contributed by atoms with Crippen molar-refractivity contribution in [1.82, 2.24) is 4.90 Å². The van der Waals surface area contributed by atoms with Crippen molar-refractivity contribution in [3.05, 3.63) is 35.9 Å². The predicted octanol–water partition coefficient (Wildman–Crippen LogP) is 0.717. The van der Waals surface area contributed by atoms with Gasteiger partial charge in [-0.15, -0.1) is 0 Å². The van der Waals surface area contributed by atoms with Gasteiger partial charge in [0, 0.05) is 12.6 Å². The minimum absolute atomic E-state index is 0.245. The number of benzene rings is 1. The van der Waals surface area contributed by atoms with E-state index in [0.717, 1.165) is 5.56 Å². The number of aliphatic hydroxyl groups is 1. The Labute approximate surface area is 106 Å². The normalized spacial score (nSPS) is 23.8. The van der Waals surface area contributed by atoms with Gasteiger partial charge in [0.25, 0.3) is 0 Å². The standard InChI is InChI=1S/C13H18N2O3/c14-11-6-7-15(8-12(11)16)13(17)18-9-10-4-2-1-3-5-10/h1-5,11-12,16H,6-9,14H2/t11?,12-/m0/s1. The molecule has 0 spiro atoms. The van der Waals surface area contributed by atoms with E-state index >= 15 is 0 Å². The minimum Gasteiger partial charge on any atom is -0.445 e. The fourth-order valence-electron chi connectivity index (χ4n) is 1.93. The average Bonchev–Trinajstić information content (AvgIpc) is 2.40. The summed E-state index contributed by atoms with van der Waals surface area (Å²) in [6.07, 6.45) is -0.463. The van der Waals surface area contributed by atoms with E-state index in [1.54, 1.807) is 0 Å². The monoisotopic (exact) mass is 250 g/mol. The van der Waals surface area contributed by atoms with Gasteiger partial charge in [-0.05, 0) is 12.0 Å². The Bertz CT molecular complexity index is 396. The number of hydrogen-bond acceptors (Lipinski definition) is 4. The van der Waals surface area contributed by atoms with Gasteiger partial charge in [-0.3, -0.25) is 0 Å². The molecule has 1 amide bonds. The van der Waals surface area contributed by atoms with Gasteiger partial charge in [0.05, 0.1) is 12.6 Å². The molecule has 0 bridgehead atoms. The maximum Gasteiger partial charge on any atom is 0.410 e. The molecule has 1 aliphatic heterocycles. The highest BCUT2D eigenvalue weighted by molar-refractivity contribution is 5.67. The van der Waals surface area contributed by atoms with Gasteiger partial charge in [-0.25, -0.2) is 4.79 Å². The zero-order valence-corrected chi connectivity index (χ0v) is 10.2. The van der Waals surface area contributed by atoms with E-state index in [4.69, 9.17) is 10.5 Å². The third-order valence-corrected chi connectivity index (χ3v) is 3.10. The van der Waals surface area contributed by atoms with Crippen LogP contribution in [-0.4, -0.2) is 41.3 Å². The van der Waals surface area contributed by atoms with Crippen LogP contribution in [0.3, 0.4) is 0 Å². The Morgan fingerprint density at radius 2 is 2.17 bits per heavy atom. The SMILES string of the molecule is NC1CCN(C(=O)OCc2ccccc2)C[C@@H]1O. The second kappa shape index (κ2) is 5.84. The zero-order chi connectivity index (χ0) is 13.0. The summed E-state index contributed by atoms with van der Waals surface area (Å²) in [6.45, 7) is 1.03. The van der Waals surface area contributed by atoms with Crippen LogP contribution in [0.1, 0.15) is 12.0 Å². The van der Waals surface area contributed by atoms with Crippen molar-refractivity contribution in [2.75, 3.05) is 13.1 Å². The number of rotatable bonds is 2. The number of ether oxygens (including phenoxy) is 1. The number of amides is 1. The van der Waals surface area contributed by atoms with Crippen molar-refractivity contribution in [2.45, 2.75) is 25.2 Å². The molecule has 98 valence electrons. The third kappa shape index (κ3) is 3.21. The van der Waals surface area contributed by atoms with Crippen LogP contribution in [0.4, 0.5) is 4.79 Å². The van der Waals surface area contributed by atoms with Gasteiger partial charge in [0.15, 0.2) is 0 Å². The first kappa shape index (κ1) is 12.9. The Morgan fingerprint density at radius 3 is 2.83 bits per heavy atom. The van der Waals surface area contributed by atoms with E-state index < -0.39 is 12.2 Å². The quantitative estimate of drug-likeness (QED) is 0.811. The summed E-state index contributed by atoms with van der Waals surface area (Å²) in [4.78, 5) is 13.3. The Kier molecular flexibility index (Phi) is 4.17. The van der Waals surface area contributed by atoms with Crippen LogP contribution in [0.2, 0.25) is 0 Å². The Balaban J connectivity index is 1.82. The molecule has 0 aliphatic carbocycles. The molecule has 1 heterocycles. The summed E-state index contributed by atoms with van der Waals surface area (Å²) in [6, 6.07) is 9.25. The van der Waals surface area contributed by atoms with Gasteiger partial charge in [-0.1, -0.05) is 30.3 Å². The Morgan fingerprint density at radius 1 is 1.44 bits per heavy atom. The lowest BCUT2D eigenvalue weighted by Crippen LogP contribution is -2.52. The van der Waals surface area contributed by atoms with Gasteiger partial charge in [0.1, 0.15) is 6.61 Å². The van der Waals surface area contributed by atoms with Crippen molar-refractivity contribution >= 4 is 6.09 Å². The summed E-state index contributed by atoms with van der Waals surface area (Å²) in [5, 5.41) is 9.61. The molecule has 0 aromatic heterocycles. The van der Waals surface area contributed by atoms with Gasteiger partial charge in [-0.2, -0.15) is 0 Å². The van der Waals surface area contributed by atoms with Crippen LogP contribution >= 0.6 is 0 Å². The molecule has 1 aliphatic rings. The van der Waals surface area contributed by atoms with E-state index in [1.807, 2.05) is 30.3 Å². The van der Waals surface area contributed by atoms with E-state index in [9.17, 15) is 9.90 Å². The van der Waals surface area contributed by atoms with E-state index in [0.29, 0.717) is 13.0 Å². The summed E-state index contributed by atoms with van der Waals surface area (Å²) in [5.41, 5.74) is 6.62. The fourth-order valence-corrected chi connectivity index (χ4v) is 1.93. The fraction of sp³-hybridized carbons (Fsp3) is 0.462. The van der Waals surface area contributed by atoms with E-state index in [2.05, 4.69) is 0 Å². The largest absolute Gasteiger partial charge is 0.445 e. The highest BCUT2D eigenvalue weighted by Crippen LogP contribution is 2.11. The Hall–Kier alpha value is -1.59. The predicted molar refractivity (Wildman–Crippen MR) is 66.8 cm³/mol. The highest BCUT2D eigenvalue weighted by atomic mass is 16.6. The molecule has 1 fully saturated rings. The third-order valence-electron chi connectivity index (χ3n) is 3.10. The number of likely N-dealkylation sites (tertiary alicyclic amines) is 1. The first-order valence-electron chi connectivity index (χ1n) is 6.06. The number of carbonyl (C=O) groups is 1. The van der Waals surface area contributed by atoms with Crippen LogP contribution < -0.4 is 5.73 Å². The first-order chi connectivity index (χ1) is 8.66. The molecule has 1 aromatic carbocycles. The van der Waals surface area contributed by atoms with Gasteiger partial charge >= 0.3 is 6.09 Å². The minimum atomic E-state index is -0.664. The van der Waals surface area contributed by atoms with Crippen molar-refractivity contribution in [3.63, 3.8) is 0 Å². The molecule has 3 N–H and O–H groups in total. The zero-order valence-electron chi connectivity index (χ0n) is 10.2. The highest BCUT2D eigenvalue weighted by Gasteiger charge is 2.28. The van der Waals surface area contributed by atoms with Crippen LogP contribution in [0.5, 0.6) is 0 Å². The number of nitrogens with two attached hydrogens (primary N) is 1. The summed E-state index contributed by atoms with van der Waals surface area (Å²) in [7, 11) is 0. The lowest BCUT2D eigenvalue weighted by Gasteiger charge is -2.33. The molecule has 5 nitrogen and oxygen atoms in total. The number of nitrogens with zero attached hydrogens (tertiary/aromatic N) is 1. The first-order valence-corrected chi connectivity index (χ1v) is 6.06. The molecule has 0 radical (unpaired) electrons. The number of hydrogen-bond donors (Lipinski definition) is 2. The smallest absolute Gasteiger partial charge is 0.410 e. The lowest BCUT2D eigenvalue weighted by atomic mass is 10.0. The molecular weight excluding hydrogens is 232 g/mol. The maximum atomic E-state index is 11.8. The average molecular weight is 250 g/mol. The van der Waals surface area contributed by atoms with Crippen LogP contribution in [-0.2, 0) is 11.3 Å². The molecule has 5 heteroatoms. The molecule has 0 saturated carbocycles. The van der Waals surface area contributed by atoms with Gasteiger partial charge < -0.3 is 20.5 Å². The van der Waals surface area contributed by atoms with Crippen LogP contribution in [0.15, 0.2) is 30.3 Å².